The summed E-state index contributed by atoms with van der Waals surface area (Å²) in [6, 6.07) is 4.02. The van der Waals surface area contributed by atoms with E-state index in [1.807, 2.05) is 18.3 Å². The second-order valence-corrected chi connectivity index (χ2v) is 4.08. The summed E-state index contributed by atoms with van der Waals surface area (Å²) in [7, 11) is 0. The summed E-state index contributed by atoms with van der Waals surface area (Å²) < 4.78 is 0. The Hall–Kier alpha value is -1.09. The van der Waals surface area contributed by atoms with E-state index < -0.39 is 0 Å². The Morgan fingerprint density at radius 1 is 1.53 bits per heavy atom. The van der Waals surface area contributed by atoms with Crippen molar-refractivity contribution < 1.29 is 5.11 Å². The first kappa shape index (κ1) is 12.0. The van der Waals surface area contributed by atoms with E-state index in [0.717, 1.165) is 25.2 Å². The number of nitrogens with zero attached hydrogens (tertiary/aromatic N) is 1. The smallest absolute Gasteiger partial charge is 0.126 e. The minimum atomic E-state index is 0.280. The van der Waals surface area contributed by atoms with Crippen LogP contribution >= 0.6 is 0 Å². The summed E-state index contributed by atoms with van der Waals surface area (Å²) >= 11 is 0. The van der Waals surface area contributed by atoms with Gasteiger partial charge in [-0.1, -0.05) is 6.92 Å². The van der Waals surface area contributed by atoms with E-state index in [2.05, 4.69) is 24.1 Å². The quantitative estimate of drug-likeness (QED) is 0.704. The van der Waals surface area contributed by atoms with E-state index >= 15 is 0 Å². The van der Waals surface area contributed by atoms with Crippen molar-refractivity contribution in [3.63, 3.8) is 0 Å². The Morgan fingerprint density at radius 2 is 2.33 bits per heavy atom. The van der Waals surface area contributed by atoms with Gasteiger partial charge in [-0.2, -0.15) is 0 Å². The second kappa shape index (κ2) is 6.40. The van der Waals surface area contributed by atoms with E-state index in [0.29, 0.717) is 5.92 Å². The minimum absolute atomic E-state index is 0.280. The lowest BCUT2D eigenvalue weighted by molar-refractivity contribution is 0.229. The molecule has 0 spiro atoms. The van der Waals surface area contributed by atoms with Crippen LogP contribution in [0.2, 0.25) is 0 Å². The maximum absolute atomic E-state index is 8.85. The van der Waals surface area contributed by atoms with Gasteiger partial charge in [0.2, 0.25) is 0 Å². The molecule has 15 heavy (non-hydrogen) atoms. The van der Waals surface area contributed by atoms with Crippen molar-refractivity contribution in [1.29, 1.82) is 0 Å². The van der Waals surface area contributed by atoms with Crippen molar-refractivity contribution in [2.24, 2.45) is 5.92 Å². The summed E-state index contributed by atoms with van der Waals surface area (Å²) in [5.74, 6) is 1.34. The van der Waals surface area contributed by atoms with Crippen molar-refractivity contribution in [1.82, 2.24) is 4.98 Å². The molecule has 0 aromatic carbocycles. The van der Waals surface area contributed by atoms with Gasteiger partial charge < -0.3 is 10.4 Å². The zero-order valence-corrected chi connectivity index (χ0v) is 9.53. The number of aliphatic hydroxyl groups is 1. The standard InChI is InChI=1S/C12H20N2O/c1-10-5-7-14-12(8-10)13-6-3-4-11(2)9-15/h5,7-8,11,15H,3-4,6,9H2,1-2H3,(H,13,14). The highest BCUT2D eigenvalue weighted by Gasteiger charge is 1.99. The molecular formula is C12H20N2O. The summed E-state index contributed by atoms with van der Waals surface area (Å²) in [5.41, 5.74) is 1.22. The predicted octanol–water partition coefficient (Wildman–Crippen LogP) is 2.21. The maximum Gasteiger partial charge on any atom is 0.126 e. The fraction of sp³-hybridized carbons (Fsp3) is 0.583. The first-order chi connectivity index (χ1) is 7.22. The van der Waals surface area contributed by atoms with E-state index in [1.165, 1.54) is 5.56 Å². The van der Waals surface area contributed by atoms with Crippen LogP contribution in [0, 0.1) is 12.8 Å². The monoisotopic (exact) mass is 208 g/mol. The van der Waals surface area contributed by atoms with Crippen LogP contribution in [0.3, 0.4) is 0 Å². The van der Waals surface area contributed by atoms with Crippen LogP contribution in [-0.2, 0) is 0 Å². The number of pyridine rings is 1. The SMILES string of the molecule is Cc1ccnc(NCCCC(C)CO)c1. The molecular weight excluding hydrogens is 188 g/mol. The van der Waals surface area contributed by atoms with Gasteiger partial charge >= 0.3 is 0 Å². The summed E-state index contributed by atoms with van der Waals surface area (Å²) in [5, 5.41) is 12.1. The molecule has 0 radical (unpaired) electrons. The number of rotatable bonds is 6. The zero-order valence-electron chi connectivity index (χ0n) is 9.53. The Kier molecular flexibility index (Phi) is 5.12. The number of anilines is 1. The van der Waals surface area contributed by atoms with Crippen LogP contribution in [0.25, 0.3) is 0 Å². The van der Waals surface area contributed by atoms with Crippen LogP contribution in [-0.4, -0.2) is 23.2 Å². The number of hydrogen-bond donors (Lipinski definition) is 2. The van der Waals surface area contributed by atoms with Crippen molar-refractivity contribution >= 4 is 5.82 Å². The number of hydrogen-bond acceptors (Lipinski definition) is 3. The molecule has 1 atom stereocenters. The predicted molar refractivity (Wildman–Crippen MR) is 62.9 cm³/mol. The average Bonchev–Trinajstić information content (AvgIpc) is 2.24. The largest absolute Gasteiger partial charge is 0.396 e. The molecule has 0 aliphatic carbocycles. The highest BCUT2D eigenvalue weighted by Crippen LogP contribution is 2.07. The van der Waals surface area contributed by atoms with Crippen molar-refractivity contribution in [2.75, 3.05) is 18.5 Å². The molecule has 0 bridgehead atoms. The third-order valence-electron chi connectivity index (χ3n) is 2.41. The number of aliphatic hydroxyl groups excluding tert-OH is 1. The number of aryl methyl sites for hydroxylation is 1. The Morgan fingerprint density at radius 3 is 3.00 bits per heavy atom. The van der Waals surface area contributed by atoms with Crippen LogP contribution < -0.4 is 5.32 Å². The van der Waals surface area contributed by atoms with E-state index in [4.69, 9.17) is 5.11 Å². The lowest BCUT2D eigenvalue weighted by Gasteiger charge is -2.08. The average molecular weight is 208 g/mol. The molecule has 0 saturated carbocycles. The molecule has 3 nitrogen and oxygen atoms in total. The first-order valence-corrected chi connectivity index (χ1v) is 5.49. The van der Waals surface area contributed by atoms with Crippen molar-refractivity contribution in [3.05, 3.63) is 23.9 Å². The van der Waals surface area contributed by atoms with Crippen molar-refractivity contribution in [2.45, 2.75) is 26.7 Å². The fourth-order valence-electron chi connectivity index (χ4n) is 1.39. The molecule has 1 aromatic rings. The summed E-state index contributed by atoms with van der Waals surface area (Å²) in [6.07, 6.45) is 3.93. The van der Waals surface area contributed by atoms with Gasteiger partial charge in [-0.05, 0) is 43.4 Å². The van der Waals surface area contributed by atoms with E-state index in [-0.39, 0.29) is 6.61 Å². The molecule has 0 fully saturated rings. The summed E-state index contributed by atoms with van der Waals surface area (Å²) in [4.78, 5) is 4.22. The molecule has 1 rings (SSSR count). The lowest BCUT2D eigenvalue weighted by Crippen LogP contribution is -2.07. The maximum atomic E-state index is 8.85. The minimum Gasteiger partial charge on any atom is -0.396 e. The van der Waals surface area contributed by atoms with Gasteiger partial charge in [-0.15, -0.1) is 0 Å². The fourth-order valence-corrected chi connectivity index (χ4v) is 1.39. The molecule has 1 aromatic heterocycles. The lowest BCUT2D eigenvalue weighted by atomic mass is 10.1. The molecule has 0 aliphatic rings. The highest BCUT2D eigenvalue weighted by atomic mass is 16.3. The molecule has 0 amide bonds. The van der Waals surface area contributed by atoms with E-state index in [9.17, 15) is 0 Å². The van der Waals surface area contributed by atoms with Gasteiger partial charge in [0.1, 0.15) is 5.82 Å². The van der Waals surface area contributed by atoms with Crippen LogP contribution in [0.5, 0.6) is 0 Å². The Bertz CT molecular complexity index is 289. The van der Waals surface area contributed by atoms with Crippen LogP contribution in [0.1, 0.15) is 25.3 Å². The second-order valence-electron chi connectivity index (χ2n) is 4.08. The van der Waals surface area contributed by atoms with Crippen LogP contribution in [0.4, 0.5) is 5.82 Å². The normalized spacial score (nSPS) is 12.5. The topological polar surface area (TPSA) is 45.2 Å². The Balaban J connectivity index is 2.20. The van der Waals surface area contributed by atoms with Gasteiger partial charge in [0.15, 0.2) is 0 Å². The molecule has 1 heterocycles. The highest BCUT2D eigenvalue weighted by molar-refractivity contribution is 5.36. The zero-order chi connectivity index (χ0) is 11.1. The number of nitrogens with one attached hydrogen (secondary N) is 1. The number of aromatic nitrogens is 1. The molecule has 2 N–H and O–H groups in total. The van der Waals surface area contributed by atoms with Gasteiger partial charge in [0, 0.05) is 19.3 Å². The van der Waals surface area contributed by atoms with Crippen LogP contribution in [0.15, 0.2) is 18.3 Å². The third-order valence-corrected chi connectivity index (χ3v) is 2.41. The van der Waals surface area contributed by atoms with Gasteiger partial charge in [-0.25, -0.2) is 4.98 Å². The molecule has 0 saturated heterocycles. The van der Waals surface area contributed by atoms with Gasteiger partial charge in [0.25, 0.3) is 0 Å². The summed E-state index contributed by atoms with van der Waals surface area (Å²) in [6.45, 7) is 5.31. The van der Waals surface area contributed by atoms with Gasteiger partial charge in [-0.3, -0.25) is 0 Å². The van der Waals surface area contributed by atoms with E-state index in [1.54, 1.807) is 0 Å². The molecule has 84 valence electrons. The first-order valence-electron chi connectivity index (χ1n) is 5.49. The molecule has 1 unspecified atom stereocenters. The third kappa shape index (κ3) is 4.79. The molecule has 0 aliphatic heterocycles. The van der Waals surface area contributed by atoms with Gasteiger partial charge in [0.05, 0.1) is 0 Å². The Labute approximate surface area is 91.5 Å². The molecule has 3 heteroatoms. The van der Waals surface area contributed by atoms with Crippen molar-refractivity contribution in [3.8, 4) is 0 Å².